The normalized spacial score (nSPS) is 20.0. The maximum atomic E-state index is 14.3. The van der Waals surface area contributed by atoms with E-state index in [0.717, 1.165) is 4.31 Å². The molecule has 4 heterocycles. The van der Waals surface area contributed by atoms with Crippen molar-refractivity contribution < 1.29 is 18.0 Å². The highest BCUT2D eigenvalue weighted by Gasteiger charge is 2.53. The summed E-state index contributed by atoms with van der Waals surface area (Å²) < 4.78 is 30.1. The van der Waals surface area contributed by atoms with E-state index in [4.69, 9.17) is 28.9 Å². The Balaban J connectivity index is 1.46. The number of carbonyl (C=O) groups is 2. The van der Waals surface area contributed by atoms with Crippen molar-refractivity contribution in [3.05, 3.63) is 82.5 Å². The Morgan fingerprint density at radius 2 is 1.84 bits per heavy atom. The monoisotopic (exact) mass is 636 g/mol. The number of aromatic nitrogens is 4. The lowest BCUT2D eigenvalue weighted by molar-refractivity contribution is -0.125. The largest absolute Gasteiger partial charge is 0.368 e. The van der Waals surface area contributed by atoms with Crippen molar-refractivity contribution in [2.75, 3.05) is 11.4 Å². The van der Waals surface area contributed by atoms with Gasteiger partial charge in [-0.25, -0.2) is 28.3 Å². The average molecular weight is 638 g/mol. The van der Waals surface area contributed by atoms with Crippen LogP contribution in [0, 0.1) is 11.3 Å². The third kappa shape index (κ3) is 4.63. The number of hydrogen-bond donors (Lipinski definition) is 1. The van der Waals surface area contributed by atoms with Crippen molar-refractivity contribution in [1.82, 2.24) is 23.8 Å². The maximum absolute atomic E-state index is 14.3. The van der Waals surface area contributed by atoms with Crippen LogP contribution in [0.15, 0.2) is 66.2 Å². The van der Waals surface area contributed by atoms with E-state index < -0.39 is 33.4 Å². The molecule has 0 saturated carbocycles. The van der Waals surface area contributed by atoms with Gasteiger partial charge in [0.05, 0.1) is 11.9 Å². The molecule has 0 bridgehead atoms. The fourth-order valence-corrected chi connectivity index (χ4v) is 7.84. The molecule has 6 rings (SSSR count). The van der Waals surface area contributed by atoms with Crippen molar-refractivity contribution in [1.29, 1.82) is 5.26 Å². The molecular formula is C28H22Cl2N8O4S. The Morgan fingerprint density at radius 1 is 1.14 bits per heavy atom. The molecule has 1 fully saturated rings. The molecule has 2 aliphatic heterocycles. The van der Waals surface area contributed by atoms with Crippen molar-refractivity contribution >= 4 is 56.7 Å². The zero-order valence-corrected chi connectivity index (χ0v) is 24.8. The SMILES string of the molecule is C[C@@]1(Cc2ccc(-c3cncnc3C#N)cc2)C(=O)N(c2cc(Cl)cc(Cl)c2)c2ncc(S(=O)(=O)N3CC[C@@H]3C(N)=O)n21. The summed E-state index contributed by atoms with van der Waals surface area (Å²) in [5.74, 6) is -1.17. The van der Waals surface area contributed by atoms with Crippen LogP contribution in [0.25, 0.3) is 11.1 Å². The molecule has 4 aromatic rings. The van der Waals surface area contributed by atoms with Crippen LogP contribution >= 0.6 is 23.2 Å². The molecule has 2 aliphatic rings. The van der Waals surface area contributed by atoms with Crippen LogP contribution in [0.3, 0.4) is 0 Å². The van der Waals surface area contributed by atoms with Gasteiger partial charge in [0.15, 0.2) is 10.7 Å². The molecule has 12 nitrogen and oxygen atoms in total. The molecule has 2 aromatic heterocycles. The molecule has 0 radical (unpaired) electrons. The first kappa shape index (κ1) is 28.8. The Hall–Kier alpha value is -4.35. The molecule has 1 saturated heterocycles. The van der Waals surface area contributed by atoms with E-state index in [2.05, 4.69) is 15.0 Å². The van der Waals surface area contributed by atoms with Gasteiger partial charge >= 0.3 is 0 Å². The molecular weight excluding hydrogens is 615 g/mol. The maximum Gasteiger partial charge on any atom is 0.261 e. The second kappa shape index (κ2) is 10.4. The molecule has 218 valence electrons. The number of nitrogens with two attached hydrogens (primary N) is 1. The number of halogens is 2. The van der Waals surface area contributed by atoms with E-state index in [9.17, 15) is 23.3 Å². The van der Waals surface area contributed by atoms with Gasteiger partial charge in [-0.2, -0.15) is 9.57 Å². The third-order valence-electron chi connectivity index (χ3n) is 7.68. The minimum absolute atomic E-state index is 0.0530. The molecule has 2 atom stereocenters. The molecule has 0 unspecified atom stereocenters. The first-order valence-corrected chi connectivity index (χ1v) is 15.1. The summed E-state index contributed by atoms with van der Waals surface area (Å²) in [6.07, 6.45) is 4.37. The van der Waals surface area contributed by atoms with Crippen molar-refractivity contribution in [3.8, 4) is 17.2 Å². The number of amides is 2. The number of carbonyl (C=O) groups excluding carboxylic acids is 2. The van der Waals surface area contributed by atoms with Gasteiger partial charge in [0.1, 0.15) is 24.0 Å². The van der Waals surface area contributed by atoms with E-state index in [1.807, 2.05) is 6.07 Å². The summed E-state index contributed by atoms with van der Waals surface area (Å²) >= 11 is 12.5. The van der Waals surface area contributed by atoms with Gasteiger partial charge in [-0.3, -0.25) is 14.2 Å². The lowest BCUT2D eigenvalue weighted by Crippen LogP contribution is -2.57. The van der Waals surface area contributed by atoms with Crippen molar-refractivity contribution in [2.45, 2.75) is 36.4 Å². The predicted molar refractivity (Wildman–Crippen MR) is 157 cm³/mol. The summed E-state index contributed by atoms with van der Waals surface area (Å²) in [4.78, 5) is 39.9. The summed E-state index contributed by atoms with van der Waals surface area (Å²) in [5.41, 5.74) is 6.43. The Morgan fingerprint density at radius 3 is 2.44 bits per heavy atom. The first-order valence-electron chi connectivity index (χ1n) is 12.9. The molecule has 2 amide bonds. The first-order chi connectivity index (χ1) is 20.5. The Kier molecular flexibility index (Phi) is 6.97. The smallest absolute Gasteiger partial charge is 0.261 e. The Bertz CT molecular complexity index is 1940. The molecule has 15 heteroatoms. The van der Waals surface area contributed by atoms with Crippen LogP contribution in [-0.2, 0) is 31.6 Å². The number of nitrogens with zero attached hydrogens (tertiary/aromatic N) is 7. The van der Waals surface area contributed by atoms with Gasteiger partial charge in [0.25, 0.3) is 15.9 Å². The molecule has 2 aromatic carbocycles. The summed E-state index contributed by atoms with van der Waals surface area (Å²) in [6.45, 7) is 1.73. The standard InChI is InChI=1S/C28H22Cl2N8O4S/c1-28(11-16-2-4-17(5-3-16)21-13-33-15-35-22(21)12-31)26(40)37(20-9-18(29)8-19(30)10-20)27-34-14-24(38(27)28)43(41,42)36-7-6-23(36)25(32)39/h2-5,8-10,13-15,23H,6-7,11H2,1H3,(H2,32,39)/t23-,28-/m1/s1. The minimum Gasteiger partial charge on any atom is -0.368 e. The van der Waals surface area contributed by atoms with Crippen LogP contribution in [0.4, 0.5) is 11.6 Å². The number of fused-ring (bicyclic) bond motifs is 1. The molecule has 43 heavy (non-hydrogen) atoms. The predicted octanol–water partition coefficient (Wildman–Crippen LogP) is 3.40. The number of hydrogen-bond acceptors (Lipinski definition) is 8. The second-order valence-electron chi connectivity index (χ2n) is 10.4. The second-order valence-corrected chi connectivity index (χ2v) is 13.1. The number of imidazole rings is 1. The van der Waals surface area contributed by atoms with E-state index in [0.29, 0.717) is 28.8 Å². The van der Waals surface area contributed by atoms with Gasteiger partial charge in [-0.05, 0) is 42.7 Å². The molecule has 0 aliphatic carbocycles. The highest BCUT2D eigenvalue weighted by Crippen LogP contribution is 2.45. The minimum atomic E-state index is -4.28. The van der Waals surface area contributed by atoms with E-state index in [1.54, 1.807) is 37.4 Å². The average Bonchev–Trinajstić information content (AvgIpc) is 3.46. The number of primary amides is 1. The summed E-state index contributed by atoms with van der Waals surface area (Å²) in [6, 6.07) is 12.7. The topological polar surface area (TPSA) is 168 Å². The lowest BCUT2D eigenvalue weighted by atomic mass is 9.91. The van der Waals surface area contributed by atoms with Crippen molar-refractivity contribution in [3.63, 3.8) is 0 Å². The Labute approximate surface area is 256 Å². The number of anilines is 2. The van der Waals surface area contributed by atoms with Crippen LogP contribution in [-0.4, -0.2) is 56.6 Å². The van der Waals surface area contributed by atoms with Gasteiger partial charge in [-0.1, -0.05) is 47.5 Å². The third-order valence-corrected chi connectivity index (χ3v) is 9.98. The van der Waals surface area contributed by atoms with Crippen LogP contribution in [0.2, 0.25) is 10.0 Å². The number of nitriles is 1. The van der Waals surface area contributed by atoms with Gasteiger partial charge < -0.3 is 5.73 Å². The highest BCUT2D eigenvalue weighted by atomic mass is 35.5. The van der Waals surface area contributed by atoms with Gasteiger partial charge in [0.2, 0.25) is 11.9 Å². The molecule has 0 spiro atoms. The van der Waals surface area contributed by atoms with E-state index >= 15 is 0 Å². The van der Waals surface area contributed by atoms with Gasteiger partial charge in [0, 0.05) is 34.8 Å². The highest BCUT2D eigenvalue weighted by molar-refractivity contribution is 7.89. The van der Waals surface area contributed by atoms with Crippen LogP contribution < -0.4 is 10.6 Å². The summed E-state index contributed by atoms with van der Waals surface area (Å²) in [5, 5.41) is 9.72. The van der Waals surface area contributed by atoms with E-state index in [1.165, 1.54) is 40.2 Å². The molecule has 2 N–H and O–H groups in total. The quantitative estimate of drug-likeness (QED) is 0.322. The van der Waals surface area contributed by atoms with E-state index in [-0.39, 0.29) is 39.7 Å². The fourth-order valence-electron chi connectivity index (χ4n) is 5.50. The number of sulfonamides is 1. The lowest BCUT2D eigenvalue weighted by Gasteiger charge is -2.37. The zero-order chi connectivity index (χ0) is 30.7. The summed E-state index contributed by atoms with van der Waals surface area (Å²) in [7, 11) is -4.28. The van der Waals surface area contributed by atoms with Gasteiger partial charge in [-0.15, -0.1) is 0 Å². The van der Waals surface area contributed by atoms with Crippen LogP contribution in [0.5, 0.6) is 0 Å². The van der Waals surface area contributed by atoms with Crippen LogP contribution in [0.1, 0.15) is 24.6 Å². The fraction of sp³-hybridized carbons (Fsp3) is 0.214. The van der Waals surface area contributed by atoms with Crippen molar-refractivity contribution in [2.24, 2.45) is 5.73 Å². The number of rotatable bonds is 7. The number of benzene rings is 2. The zero-order valence-electron chi connectivity index (χ0n) is 22.5.